The Labute approximate surface area is 169 Å². The third-order valence-corrected chi connectivity index (χ3v) is 5.72. The highest BCUT2D eigenvalue weighted by Crippen LogP contribution is 2.25. The first kappa shape index (κ1) is 18.9. The maximum Gasteiger partial charge on any atom is 0.240 e. The van der Waals surface area contributed by atoms with Crippen LogP contribution in [0.2, 0.25) is 0 Å². The molecule has 1 amide bonds. The minimum atomic E-state index is 0.0548. The van der Waals surface area contributed by atoms with E-state index in [0.717, 1.165) is 46.1 Å². The summed E-state index contributed by atoms with van der Waals surface area (Å²) in [6.07, 6.45) is 2.18. The van der Waals surface area contributed by atoms with Gasteiger partial charge in [0.2, 0.25) is 5.91 Å². The van der Waals surface area contributed by atoms with Gasteiger partial charge in [-0.05, 0) is 56.0 Å². The van der Waals surface area contributed by atoms with Gasteiger partial charge in [0.05, 0.1) is 17.6 Å². The van der Waals surface area contributed by atoms with Crippen molar-refractivity contribution in [3.8, 4) is 5.75 Å². The topological polar surface area (TPSA) is 56.2 Å². The fraction of sp³-hybridized carbons (Fsp3) is 0.364. The van der Waals surface area contributed by atoms with Crippen LogP contribution in [0.3, 0.4) is 0 Å². The zero-order valence-electron chi connectivity index (χ0n) is 16.3. The number of aryl methyl sites for hydroxylation is 2. The lowest BCUT2D eigenvalue weighted by Crippen LogP contribution is -2.29. The van der Waals surface area contributed by atoms with Crippen molar-refractivity contribution >= 4 is 28.7 Å². The molecule has 1 aliphatic carbocycles. The number of benzene rings is 2. The van der Waals surface area contributed by atoms with Gasteiger partial charge < -0.3 is 14.6 Å². The molecular formula is C22H25N3O2S. The molecule has 0 atom stereocenters. The van der Waals surface area contributed by atoms with Crippen LogP contribution < -0.4 is 10.1 Å². The van der Waals surface area contributed by atoms with E-state index in [-0.39, 0.29) is 5.91 Å². The number of hydrogen-bond acceptors (Lipinski definition) is 4. The van der Waals surface area contributed by atoms with Gasteiger partial charge in [-0.1, -0.05) is 36.0 Å². The molecule has 1 fully saturated rings. The quantitative estimate of drug-likeness (QED) is 0.461. The second kappa shape index (κ2) is 8.27. The summed E-state index contributed by atoms with van der Waals surface area (Å²) in [4.78, 5) is 17.1. The Hall–Kier alpha value is -2.47. The predicted octanol–water partition coefficient (Wildman–Crippen LogP) is 4.10. The number of rotatable bonds is 8. The second-order valence-corrected chi connectivity index (χ2v) is 8.34. The maximum absolute atomic E-state index is 12.3. The lowest BCUT2D eigenvalue weighted by molar-refractivity contribution is -0.121. The third-order valence-electron chi connectivity index (χ3n) is 4.78. The van der Waals surface area contributed by atoms with Crippen molar-refractivity contribution in [2.75, 3.05) is 12.4 Å². The predicted molar refractivity (Wildman–Crippen MR) is 113 cm³/mol. The zero-order valence-corrected chi connectivity index (χ0v) is 17.1. The Bertz CT molecular complexity index is 995. The molecule has 0 spiro atoms. The molecule has 0 bridgehead atoms. The van der Waals surface area contributed by atoms with Crippen LogP contribution >= 0.6 is 11.8 Å². The van der Waals surface area contributed by atoms with Crippen LogP contribution in [0.1, 0.15) is 24.0 Å². The Morgan fingerprint density at radius 2 is 2.07 bits per heavy atom. The van der Waals surface area contributed by atoms with E-state index in [1.165, 1.54) is 5.56 Å². The van der Waals surface area contributed by atoms with Gasteiger partial charge >= 0.3 is 0 Å². The molecule has 2 aromatic carbocycles. The van der Waals surface area contributed by atoms with Crippen molar-refractivity contribution in [2.45, 2.75) is 44.4 Å². The highest BCUT2D eigenvalue weighted by atomic mass is 32.2. The number of thioether (sulfide) groups is 1. The smallest absolute Gasteiger partial charge is 0.240 e. The monoisotopic (exact) mass is 395 g/mol. The molecule has 1 aromatic heterocycles. The summed E-state index contributed by atoms with van der Waals surface area (Å²) >= 11 is 1.63. The highest BCUT2D eigenvalue weighted by Gasteiger charge is 2.24. The van der Waals surface area contributed by atoms with E-state index in [1.807, 2.05) is 28.8 Å². The Kier molecular flexibility index (Phi) is 5.57. The van der Waals surface area contributed by atoms with Gasteiger partial charge in [0.25, 0.3) is 0 Å². The molecule has 1 heterocycles. The van der Waals surface area contributed by atoms with Crippen LogP contribution in [0, 0.1) is 13.8 Å². The van der Waals surface area contributed by atoms with Crippen molar-refractivity contribution in [1.29, 1.82) is 0 Å². The molecule has 146 valence electrons. The molecule has 6 heteroatoms. The SMILES string of the molecule is Cc1ccc(C)c(OCCSc2nc3ccccc3n2CC(=O)NC2CC2)c1. The molecule has 1 saturated carbocycles. The first-order valence-corrected chi connectivity index (χ1v) is 10.7. The second-order valence-electron chi connectivity index (χ2n) is 7.28. The normalized spacial score (nSPS) is 13.6. The lowest BCUT2D eigenvalue weighted by Gasteiger charge is -2.11. The van der Waals surface area contributed by atoms with Crippen LogP contribution in [-0.2, 0) is 11.3 Å². The molecule has 28 heavy (non-hydrogen) atoms. The van der Waals surface area contributed by atoms with E-state index in [0.29, 0.717) is 19.2 Å². The molecule has 0 saturated heterocycles. The first-order valence-electron chi connectivity index (χ1n) is 9.67. The highest BCUT2D eigenvalue weighted by molar-refractivity contribution is 7.99. The van der Waals surface area contributed by atoms with E-state index in [4.69, 9.17) is 9.72 Å². The number of aromatic nitrogens is 2. The summed E-state index contributed by atoms with van der Waals surface area (Å²) in [5.41, 5.74) is 4.24. The standard InChI is InChI=1S/C22H25N3O2S/c1-15-7-8-16(2)20(13-15)27-11-12-28-22-24-18-5-3-4-6-19(18)25(22)14-21(26)23-17-9-10-17/h3-8,13,17H,9-12,14H2,1-2H3,(H,23,26). The number of amides is 1. The molecule has 1 N–H and O–H groups in total. The van der Waals surface area contributed by atoms with Crippen molar-refractivity contribution < 1.29 is 9.53 Å². The summed E-state index contributed by atoms with van der Waals surface area (Å²) in [6, 6.07) is 14.6. The number of imidazole rings is 1. The number of nitrogens with one attached hydrogen (secondary N) is 1. The van der Waals surface area contributed by atoms with Crippen LogP contribution in [0.5, 0.6) is 5.75 Å². The van der Waals surface area contributed by atoms with Crippen molar-refractivity contribution in [1.82, 2.24) is 14.9 Å². The van der Waals surface area contributed by atoms with Gasteiger partial charge in [-0.3, -0.25) is 4.79 Å². The average Bonchev–Trinajstić information content (AvgIpc) is 3.43. The Morgan fingerprint density at radius 3 is 2.89 bits per heavy atom. The Morgan fingerprint density at radius 1 is 1.25 bits per heavy atom. The number of fused-ring (bicyclic) bond motifs is 1. The molecule has 5 nitrogen and oxygen atoms in total. The van der Waals surface area contributed by atoms with Gasteiger partial charge in [-0.2, -0.15) is 0 Å². The summed E-state index contributed by atoms with van der Waals surface area (Å²) in [6.45, 7) is 5.01. The summed E-state index contributed by atoms with van der Waals surface area (Å²) < 4.78 is 7.97. The van der Waals surface area contributed by atoms with Crippen molar-refractivity contribution in [2.24, 2.45) is 0 Å². The van der Waals surface area contributed by atoms with Crippen molar-refractivity contribution in [3.63, 3.8) is 0 Å². The van der Waals surface area contributed by atoms with Gasteiger partial charge in [0.1, 0.15) is 12.3 Å². The summed E-state index contributed by atoms with van der Waals surface area (Å²) in [5, 5.41) is 3.92. The van der Waals surface area contributed by atoms with Gasteiger partial charge in [-0.25, -0.2) is 4.98 Å². The number of hydrogen-bond donors (Lipinski definition) is 1. The van der Waals surface area contributed by atoms with E-state index in [2.05, 4.69) is 37.4 Å². The molecule has 1 aliphatic rings. The molecule has 3 aromatic rings. The number of nitrogens with zero attached hydrogens (tertiary/aromatic N) is 2. The summed E-state index contributed by atoms with van der Waals surface area (Å²) in [7, 11) is 0. The van der Waals surface area contributed by atoms with Crippen LogP contribution in [0.15, 0.2) is 47.6 Å². The first-order chi connectivity index (χ1) is 13.6. The fourth-order valence-electron chi connectivity index (χ4n) is 3.11. The van der Waals surface area contributed by atoms with Crippen LogP contribution in [0.4, 0.5) is 0 Å². The number of ether oxygens (including phenoxy) is 1. The maximum atomic E-state index is 12.3. The number of para-hydroxylation sites is 2. The molecular weight excluding hydrogens is 370 g/mol. The van der Waals surface area contributed by atoms with Crippen molar-refractivity contribution in [3.05, 3.63) is 53.6 Å². The molecule has 0 unspecified atom stereocenters. The lowest BCUT2D eigenvalue weighted by atomic mass is 10.1. The van der Waals surface area contributed by atoms with E-state index < -0.39 is 0 Å². The van der Waals surface area contributed by atoms with Crippen LogP contribution in [0.25, 0.3) is 11.0 Å². The minimum Gasteiger partial charge on any atom is -0.492 e. The average molecular weight is 396 g/mol. The van der Waals surface area contributed by atoms with Crippen LogP contribution in [-0.4, -0.2) is 33.9 Å². The summed E-state index contributed by atoms with van der Waals surface area (Å²) in [5.74, 6) is 1.75. The zero-order chi connectivity index (χ0) is 19.5. The minimum absolute atomic E-state index is 0.0548. The van der Waals surface area contributed by atoms with E-state index in [9.17, 15) is 4.79 Å². The molecule has 4 rings (SSSR count). The van der Waals surface area contributed by atoms with E-state index in [1.54, 1.807) is 11.8 Å². The Balaban J connectivity index is 1.43. The van der Waals surface area contributed by atoms with Gasteiger partial charge in [0.15, 0.2) is 5.16 Å². The third kappa shape index (κ3) is 4.50. The van der Waals surface area contributed by atoms with Gasteiger partial charge in [0, 0.05) is 11.8 Å². The molecule has 0 aliphatic heterocycles. The number of carbonyl (C=O) groups is 1. The largest absolute Gasteiger partial charge is 0.492 e. The number of carbonyl (C=O) groups excluding carboxylic acids is 1. The van der Waals surface area contributed by atoms with E-state index >= 15 is 0 Å². The van der Waals surface area contributed by atoms with Gasteiger partial charge in [-0.15, -0.1) is 0 Å². The fourth-order valence-corrected chi connectivity index (χ4v) is 3.94. The molecule has 0 radical (unpaired) electrons.